The van der Waals surface area contributed by atoms with Crippen molar-refractivity contribution in [1.82, 2.24) is 20.1 Å². The second kappa shape index (κ2) is 8.89. The fraction of sp³-hybridized carbons (Fsp3) is 0.167. The number of nitrogens with one attached hydrogen (secondary N) is 1. The van der Waals surface area contributed by atoms with Gasteiger partial charge in [0, 0.05) is 16.9 Å². The molecule has 3 aromatic carbocycles. The second-order valence-electron chi connectivity index (χ2n) is 7.42. The Balaban J connectivity index is 1.42. The Morgan fingerprint density at radius 1 is 0.839 bits per heavy atom. The minimum absolute atomic E-state index is 0.583. The molecule has 0 saturated carbocycles. The smallest absolute Gasteiger partial charge is 0.137 e. The average molecular weight is 412 g/mol. The van der Waals surface area contributed by atoms with Gasteiger partial charge in [0.2, 0.25) is 0 Å². The van der Waals surface area contributed by atoms with Crippen LogP contribution >= 0.6 is 0 Å². The van der Waals surface area contributed by atoms with E-state index in [4.69, 9.17) is 4.74 Å². The number of hydrogen-bond acceptors (Lipinski definition) is 6. The Labute approximate surface area is 181 Å². The fourth-order valence-electron chi connectivity index (χ4n) is 3.70. The molecule has 0 radical (unpaired) electrons. The number of benzene rings is 3. The topological polar surface area (TPSA) is 58.5 Å². The molecule has 7 nitrogen and oxygen atoms in total. The van der Waals surface area contributed by atoms with E-state index in [9.17, 15) is 0 Å². The van der Waals surface area contributed by atoms with Gasteiger partial charge in [-0.25, -0.2) is 9.67 Å². The van der Waals surface area contributed by atoms with Crippen molar-refractivity contribution < 1.29 is 4.74 Å². The summed E-state index contributed by atoms with van der Waals surface area (Å²) < 4.78 is 7.99. The maximum Gasteiger partial charge on any atom is 0.137 e. The van der Waals surface area contributed by atoms with Crippen LogP contribution in [0.3, 0.4) is 0 Å². The van der Waals surface area contributed by atoms with Crippen LogP contribution in [0.15, 0.2) is 91.5 Å². The molecule has 0 amide bonds. The molecule has 1 aliphatic heterocycles. The third kappa shape index (κ3) is 4.51. The monoisotopic (exact) mass is 412 g/mol. The lowest BCUT2D eigenvalue weighted by molar-refractivity contribution is 0.471. The van der Waals surface area contributed by atoms with E-state index in [1.165, 1.54) is 5.69 Å². The Morgan fingerprint density at radius 3 is 2.32 bits per heavy atom. The van der Waals surface area contributed by atoms with Gasteiger partial charge in [0.25, 0.3) is 0 Å². The Bertz CT molecular complexity index is 1100. The highest BCUT2D eigenvalue weighted by atomic mass is 16.5. The molecule has 0 bridgehead atoms. The van der Waals surface area contributed by atoms with Gasteiger partial charge < -0.3 is 14.5 Å². The van der Waals surface area contributed by atoms with Crippen LogP contribution in [0, 0.1) is 0 Å². The molecule has 7 heteroatoms. The van der Waals surface area contributed by atoms with E-state index in [1.54, 1.807) is 12.7 Å². The summed E-state index contributed by atoms with van der Waals surface area (Å²) in [7, 11) is 0. The van der Waals surface area contributed by atoms with Crippen LogP contribution in [0.4, 0.5) is 11.4 Å². The van der Waals surface area contributed by atoms with Crippen molar-refractivity contribution in [3.05, 3.63) is 97.1 Å². The summed E-state index contributed by atoms with van der Waals surface area (Å²) in [5.74, 6) is 1.63. The molecule has 0 unspecified atom stereocenters. The van der Waals surface area contributed by atoms with Gasteiger partial charge in [0.1, 0.15) is 24.2 Å². The van der Waals surface area contributed by atoms with Gasteiger partial charge in [-0.3, -0.25) is 5.32 Å². The van der Waals surface area contributed by atoms with Crippen molar-refractivity contribution in [2.75, 3.05) is 29.8 Å². The van der Waals surface area contributed by atoms with Gasteiger partial charge >= 0.3 is 0 Å². The number of para-hydroxylation sites is 2. The summed E-state index contributed by atoms with van der Waals surface area (Å²) in [4.78, 5) is 8.70. The third-order valence-corrected chi connectivity index (χ3v) is 5.25. The first-order chi connectivity index (χ1) is 15.3. The average Bonchev–Trinajstić information content (AvgIpc) is 3.35. The molecular weight excluding hydrogens is 388 g/mol. The molecule has 156 valence electrons. The zero-order chi connectivity index (χ0) is 20.9. The number of hydrogen-bond donors (Lipinski definition) is 1. The molecule has 5 rings (SSSR count). The lowest BCUT2D eigenvalue weighted by Gasteiger charge is -2.39. The summed E-state index contributed by atoms with van der Waals surface area (Å²) in [6.07, 6.45) is 3.27. The molecule has 31 heavy (non-hydrogen) atoms. The van der Waals surface area contributed by atoms with Crippen LogP contribution in [-0.4, -0.2) is 34.8 Å². The van der Waals surface area contributed by atoms with Crippen LogP contribution in [0.2, 0.25) is 0 Å². The molecule has 1 aliphatic rings. The predicted molar refractivity (Wildman–Crippen MR) is 121 cm³/mol. The van der Waals surface area contributed by atoms with Gasteiger partial charge in [-0.05, 0) is 42.5 Å². The fourth-order valence-corrected chi connectivity index (χ4v) is 3.70. The first-order valence-corrected chi connectivity index (χ1v) is 10.3. The normalized spacial score (nSPS) is 13.9. The van der Waals surface area contributed by atoms with Crippen molar-refractivity contribution in [2.45, 2.75) is 6.54 Å². The van der Waals surface area contributed by atoms with Gasteiger partial charge in [0.15, 0.2) is 0 Å². The first kappa shape index (κ1) is 19.1. The molecule has 1 aromatic heterocycles. The standard InChI is InChI=1S/C24H24N6O/c1-3-7-21(8-4-1)28-16-26-17-29(19-28)22-11-12-24(31-23-9-5-2-6-10-23)20(13-22)14-30-18-25-15-27-30/h1-13,15,18,26H,14,16-17,19H2. The summed E-state index contributed by atoms with van der Waals surface area (Å²) >= 11 is 0. The van der Waals surface area contributed by atoms with E-state index in [-0.39, 0.29) is 0 Å². The largest absolute Gasteiger partial charge is 0.457 e. The Hall–Kier alpha value is -3.84. The molecule has 1 N–H and O–H groups in total. The van der Waals surface area contributed by atoms with Gasteiger partial charge in [0.05, 0.1) is 26.6 Å². The van der Waals surface area contributed by atoms with Crippen LogP contribution in [-0.2, 0) is 6.54 Å². The van der Waals surface area contributed by atoms with E-state index in [1.807, 2.05) is 47.1 Å². The first-order valence-electron chi connectivity index (χ1n) is 10.3. The van der Waals surface area contributed by atoms with Crippen LogP contribution < -0.4 is 19.9 Å². The van der Waals surface area contributed by atoms with Crippen molar-refractivity contribution in [1.29, 1.82) is 0 Å². The molecule has 1 fully saturated rings. The molecule has 0 spiro atoms. The highest BCUT2D eigenvalue weighted by Crippen LogP contribution is 2.30. The molecule has 0 aliphatic carbocycles. The van der Waals surface area contributed by atoms with Crippen molar-refractivity contribution >= 4 is 11.4 Å². The highest BCUT2D eigenvalue weighted by Gasteiger charge is 2.19. The molecule has 0 atom stereocenters. The summed E-state index contributed by atoms with van der Waals surface area (Å²) in [5.41, 5.74) is 3.37. The van der Waals surface area contributed by atoms with E-state index in [2.05, 4.69) is 61.6 Å². The maximum absolute atomic E-state index is 6.18. The van der Waals surface area contributed by atoms with Crippen LogP contribution in [0.5, 0.6) is 11.5 Å². The van der Waals surface area contributed by atoms with Crippen LogP contribution in [0.25, 0.3) is 0 Å². The summed E-state index contributed by atoms with van der Waals surface area (Å²) in [6, 6.07) is 26.6. The molecular formula is C24H24N6O. The van der Waals surface area contributed by atoms with E-state index in [0.29, 0.717) is 6.54 Å². The summed E-state index contributed by atoms with van der Waals surface area (Å²) in [5, 5.41) is 7.76. The number of rotatable bonds is 6. The molecule has 4 aromatic rings. The van der Waals surface area contributed by atoms with Gasteiger partial charge in [-0.1, -0.05) is 36.4 Å². The maximum atomic E-state index is 6.18. The minimum atomic E-state index is 0.583. The SMILES string of the molecule is c1ccc(Oc2ccc(N3CNCN(c4ccccc4)C3)cc2Cn2cncn2)cc1. The summed E-state index contributed by atoms with van der Waals surface area (Å²) in [6.45, 7) is 2.99. The van der Waals surface area contributed by atoms with Crippen molar-refractivity contribution in [3.63, 3.8) is 0 Å². The third-order valence-electron chi connectivity index (χ3n) is 5.25. The van der Waals surface area contributed by atoms with Crippen LogP contribution in [0.1, 0.15) is 5.56 Å². The number of nitrogens with zero attached hydrogens (tertiary/aromatic N) is 5. The minimum Gasteiger partial charge on any atom is -0.457 e. The number of ether oxygens (including phenoxy) is 1. The Kier molecular flexibility index (Phi) is 5.49. The Morgan fingerprint density at radius 2 is 1.58 bits per heavy atom. The van der Waals surface area contributed by atoms with E-state index < -0.39 is 0 Å². The lowest BCUT2D eigenvalue weighted by Crippen LogP contribution is -2.53. The highest BCUT2D eigenvalue weighted by molar-refractivity contribution is 5.56. The van der Waals surface area contributed by atoms with E-state index in [0.717, 1.165) is 42.8 Å². The molecule has 1 saturated heterocycles. The number of aromatic nitrogens is 3. The number of anilines is 2. The van der Waals surface area contributed by atoms with Crippen molar-refractivity contribution in [2.24, 2.45) is 0 Å². The van der Waals surface area contributed by atoms with Gasteiger partial charge in [-0.2, -0.15) is 5.10 Å². The zero-order valence-electron chi connectivity index (χ0n) is 17.1. The molecule has 2 heterocycles. The quantitative estimate of drug-likeness (QED) is 0.518. The lowest BCUT2D eigenvalue weighted by atomic mass is 10.1. The second-order valence-corrected chi connectivity index (χ2v) is 7.42. The predicted octanol–water partition coefficient (Wildman–Crippen LogP) is 3.91. The van der Waals surface area contributed by atoms with Gasteiger partial charge in [-0.15, -0.1) is 0 Å². The van der Waals surface area contributed by atoms with Crippen molar-refractivity contribution in [3.8, 4) is 11.5 Å². The van der Waals surface area contributed by atoms with E-state index >= 15 is 0 Å². The zero-order valence-corrected chi connectivity index (χ0v) is 17.1.